The first-order valence-corrected chi connectivity index (χ1v) is 9.48. The van der Waals surface area contributed by atoms with Gasteiger partial charge in [-0.2, -0.15) is 0 Å². The predicted molar refractivity (Wildman–Crippen MR) is 102 cm³/mol. The summed E-state index contributed by atoms with van der Waals surface area (Å²) in [5.74, 6) is -1.04. The van der Waals surface area contributed by atoms with Gasteiger partial charge in [0.1, 0.15) is 5.82 Å². The molecule has 1 aromatic heterocycles. The van der Waals surface area contributed by atoms with Gasteiger partial charge in [0, 0.05) is 31.7 Å². The Labute approximate surface area is 160 Å². The van der Waals surface area contributed by atoms with Crippen LogP contribution in [0.5, 0.6) is 0 Å². The molecular weight excluding hydrogens is 369 g/mol. The first kappa shape index (κ1) is 19.0. The van der Waals surface area contributed by atoms with Crippen molar-refractivity contribution in [2.45, 2.75) is 6.92 Å². The summed E-state index contributed by atoms with van der Waals surface area (Å²) in [6, 6.07) is 7.94. The van der Waals surface area contributed by atoms with Gasteiger partial charge in [-0.15, -0.1) is 11.3 Å². The van der Waals surface area contributed by atoms with Crippen molar-refractivity contribution in [2.75, 3.05) is 37.6 Å². The van der Waals surface area contributed by atoms with E-state index >= 15 is 0 Å². The summed E-state index contributed by atoms with van der Waals surface area (Å²) < 4.78 is 14.3. The number of hydrogen-bond acceptors (Lipinski definition) is 5. The summed E-state index contributed by atoms with van der Waals surface area (Å²) in [6.45, 7) is 3.21. The second-order valence-corrected chi connectivity index (χ2v) is 7.20. The number of rotatable bonds is 5. The van der Waals surface area contributed by atoms with E-state index in [2.05, 4.69) is 5.32 Å². The van der Waals surface area contributed by atoms with Gasteiger partial charge in [0.25, 0.3) is 5.91 Å². The lowest BCUT2D eigenvalue weighted by molar-refractivity contribution is -0.130. The second kappa shape index (κ2) is 8.30. The lowest BCUT2D eigenvalue weighted by Gasteiger charge is -2.36. The Hall–Kier alpha value is -2.74. The van der Waals surface area contributed by atoms with Crippen molar-refractivity contribution in [2.24, 2.45) is 0 Å². The van der Waals surface area contributed by atoms with Gasteiger partial charge in [-0.3, -0.25) is 14.4 Å². The highest BCUT2D eigenvalue weighted by atomic mass is 32.1. The van der Waals surface area contributed by atoms with Crippen molar-refractivity contribution in [3.05, 3.63) is 52.0 Å². The molecule has 142 valence electrons. The number of carbonyl (C=O) groups excluding carboxylic acids is 3. The first-order chi connectivity index (χ1) is 13.0. The molecule has 0 aliphatic carbocycles. The number of anilines is 1. The van der Waals surface area contributed by atoms with Crippen LogP contribution in [0.4, 0.5) is 10.1 Å². The topological polar surface area (TPSA) is 69.7 Å². The number of thiophene rings is 1. The largest absolute Gasteiger partial charge is 0.366 e. The molecular formula is C19H20FN3O3S. The van der Waals surface area contributed by atoms with Crippen molar-refractivity contribution >= 4 is 34.6 Å². The van der Waals surface area contributed by atoms with Gasteiger partial charge in [-0.05, 0) is 36.6 Å². The Balaban J connectivity index is 1.52. The lowest BCUT2D eigenvalue weighted by Crippen LogP contribution is -2.51. The number of ketones is 1. The van der Waals surface area contributed by atoms with E-state index in [0.29, 0.717) is 42.3 Å². The zero-order valence-corrected chi connectivity index (χ0v) is 15.7. The van der Waals surface area contributed by atoms with Crippen LogP contribution in [0.2, 0.25) is 0 Å². The van der Waals surface area contributed by atoms with E-state index in [-0.39, 0.29) is 24.1 Å². The molecule has 0 bridgehead atoms. The number of piperazine rings is 1. The molecule has 1 saturated heterocycles. The van der Waals surface area contributed by atoms with Gasteiger partial charge in [-0.25, -0.2) is 4.39 Å². The molecule has 6 nitrogen and oxygen atoms in total. The van der Waals surface area contributed by atoms with E-state index < -0.39 is 5.82 Å². The quantitative estimate of drug-likeness (QED) is 0.796. The number of amides is 2. The van der Waals surface area contributed by atoms with E-state index in [1.807, 2.05) is 4.90 Å². The molecule has 3 rings (SSSR count). The molecule has 0 saturated carbocycles. The lowest BCUT2D eigenvalue weighted by atomic mass is 10.1. The molecule has 0 unspecified atom stereocenters. The van der Waals surface area contributed by atoms with Crippen LogP contribution in [-0.2, 0) is 4.79 Å². The number of hydrogen-bond donors (Lipinski definition) is 1. The highest BCUT2D eigenvalue weighted by molar-refractivity contribution is 7.12. The SMILES string of the molecule is CC(=O)c1ccc(N2CCN(C(=O)CNC(=O)c3cccs3)CC2)c(F)c1. The average Bonchev–Trinajstić information content (AvgIpc) is 3.21. The van der Waals surface area contributed by atoms with Crippen LogP contribution < -0.4 is 10.2 Å². The fraction of sp³-hybridized carbons (Fsp3) is 0.316. The highest BCUT2D eigenvalue weighted by Crippen LogP contribution is 2.22. The summed E-state index contributed by atoms with van der Waals surface area (Å²) in [7, 11) is 0. The van der Waals surface area contributed by atoms with Crippen molar-refractivity contribution in [3.63, 3.8) is 0 Å². The maximum Gasteiger partial charge on any atom is 0.261 e. The Morgan fingerprint density at radius 3 is 2.48 bits per heavy atom. The van der Waals surface area contributed by atoms with E-state index in [4.69, 9.17) is 0 Å². The molecule has 2 amide bonds. The highest BCUT2D eigenvalue weighted by Gasteiger charge is 2.23. The zero-order chi connectivity index (χ0) is 19.4. The van der Waals surface area contributed by atoms with Gasteiger partial charge < -0.3 is 15.1 Å². The molecule has 2 heterocycles. The third kappa shape index (κ3) is 4.51. The molecule has 8 heteroatoms. The number of carbonyl (C=O) groups is 3. The molecule has 1 aliphatic rings. The van der Waals surface area contributed by atoms with Gasteiger partial charge in [0.15, 0.2) is 5.78 Å². The minimum Gasteiger partial charge on any atom is -0.366 e. The molecule has 27 heavy (non-hydrogen) atoms. The van der Waals surface area contributed by atoms with E-state index in [1.165, 1.54) is 24.3 Å². The third-order valence-corrected chi connectivity index (χ3v) is 5.34. The van der Waals surface area contributed by atoms with Crippen LogP contribution in [0.15, 0.2) is 35.7 Å². The number of benzene rings is 1. The standard InChI is InChI=1S/C19H20FN3O3S/c1-13(24)14-4-5-16(15(20)11-14)22-6-8-23(9-7-22)18(25)12-21-19(26)17-3-2-10-27-17/h2-5,10-11H,6-9,12H2,1H3,(H,21,26). The summed E-state index contributed by atoms with van der Waals surface area (Å²) in [4.78, 5) is 39.6. The van der Waals surface area contributed by atoms with Crippen molar-refractivity contribution in [1.29, 1.82) is 0 Å². The van der Waals surface area contributed by atoms with Gasteiger partial charge in [0.2, 0.25) is 5.91 Å². The van der Waals surface area contributed by atoms with Crippen LogP contribution in [0, 0.1) is 5.82 Å². The minimum atomic E-state index is -0.439. The Morgan fingerprint density at radius 1 is 1.15 bits per heavy atom. The van der Waals surface area contributed by atoms with Crippen molar-refractivity contribution in [3.8, 4) is 0 Å². The van der Waals surface area contributed by atoms with Crippen molar-refractivity contribution < 1.29 is 18.8 Å². The Morgan fingerprint density at radius 2 is 1.89 bits per heavy atom. The summed E-state index contributed by atoms with van der Waals surface area (Å²) in [6.07, 6.45) is 0. The van der Waals surface area contributed by atoms with E-state index in [0.717, 1.165) is 0 Å². The summed E-state index contributed by atoms with van der Waals surface area (Å²) in [5.41, 5.74) is 0.768. The van der Waals surface area contributed by atoms with Crippen LogP contribution in [0.25, 0.3) is 0 Å². The zero-order valence-electron chi connectivity index (χ0n) is 14.9. The van der Waals surface area contributed by atoms with E-state index in [1.54, 1.807) is 34.5 Å². The van der Waals surface area contributed by atoms with Crippen LogP contribution in [0.3, 0.4) is 0 Å². The second-order valence-electron chi connectivity index (χ2n) is 6.25. The number of halogens is 1. The summed E-state index contributed by atoms with van der Waals surface area (Å²) >= 11 is 1.32. The monoisotopic (exact) mass is 389 g/mol. The molecule has 2 aromatic rings. The van der Waals surface area contributed by atoms with Gasteiger partial charge in [-0.1, -0.05) is 6.07 Å². The van der Waals surface area contributed by atoms with Crippen LogP contribution >= 0.6 is 11.3 Å². The average molecular weight is 389 g/mol. The molecule has 0 radical (unpaired) electrons. The number of nitrogens with zero attached hydrogens (tertiary/aromatic N) is 2. The molecule has 1 aromatic carbocycles. The molecule has 1 N–H and O–H groups in total. The maximum atomic E-state index is 14.3. The normalized spacial score (nSPS) is 14.1. The van der Waals surface area contributed by atoms with E-state index in [9.17, 15) is 18.8 Å². The molecule has 0 spiro atoms. The van der Waals surface area contributed by atoms with Crippen LogP contribution in [-0.4, -0.2) is 55.2 Å². The Kier molecular flexibility index (Phi) is 5.85. The first-order valence-electron chi connectivity index (χ1n) is 8.60. The predicted octanol–water partition coefficient (Wildman–Crippen LogP) is 2.17. The van der Waals surface area contributed by atoms with Crippen molar-refractivity contribution in [1.82, 2.24) is 10.2 Å². The third-order valence-electron chi connectivity index (χ3n) is 4.47. The molecule has 1 aliphatic heterocycles. The smallest absolute Gasteiger partial charge is 0.261 e. The van der Waals surface area contributed by atoms with Gasteiger partial charge >= 0.3 is 0 Å². The fourth-order valence-corrected chi connectivity index (χ4v) is 3.58. The number of Topliss-reactive ketones (excluding diaryl/α,β-unsaturated/α-hetero) is 1. The maximum absolute atomic E-state index is 14.3. The minimum absolute atomic E-state index is 0.0571. The molecule has 1 fully saturated rings. The van der Waals surface area contributed by atoms with Gasteiger partial charge in [0.05, 0.1) is 17.1 Å². The fourth-order valence-electron chi connectivity index (χ4n) is 2.94. The number of nitrogens with one attached hydrogen (secondary N) is 1. The molecule has 0 atom stereocenters. The summed E-state index contributed by atoms with van der Waals surface area (Å²) in [5, 5.41) is 4.43. The van der Waals surface area contributed by atoms with Crippen LogP contribution in [0.1, 0.15) is 27.0 Å². The Bertz CT molecular complexity index is 846.